The Bertz CT molecular complexity index is 955. The van der Waals surface area contributed by atoms with Crippen molar-refractivity contribution >= 4 is 27.8 Å². The average molecular weight is 427 g/mol. The lowest BCUT2D eigenvalue weighted by Crippen LogP contribution is -2.19. The van der Waals surface area contributed by atoms with Crippen molar-refractivity contribution in [3.8, 4) is 17.2 Å². The number of anilines is 1. The standard InChI is InChI=1S/C22H26N4O3S/c1-15(23-12-11-16-5-10-19(28-3)20(13-16)29-4)14-24-21-26-22(30-21)25-17-6-8-18(27-2)9-7-17/h5-10,13-14,23H,11-12H2,1-4H3,(H,24,25,26). The van der Waals surface area contributed by atoms with Gasteiger partial charge in [0.25, 0.3) is 0 Å². The van der Waals surface area contributed by atoms with E-state index in [1.165, 1.54) is 17.3 Å². The van der Waals surface area contributed by atoms with E-state index >= 15 is 0 Å². The van der Waals surface area contributed by atoms with Gasteiger partial charge in [-0.2, -0.15) is 4.99 Å². The monoisotopic (exact) mass is 426 g/mol. The number of amidine groups is 2. The van der Waals surface area contributed by atoms with Crippen LogP contribution in [0.4, 0.5) is 5.69 Å². The van der Waals surface area contributed by atoms with Crippen molar-refractivity contribution in [3.05, 3.63) is 59.9 Å². The van der Waals surface area contributed by atoms with Gasteiger partial charge < -0.3 is 24.8 Å². The van der Waals surface area contributed by atoms with Crippen LogP contribution in [-0.4, -0.2) is 38.2 Å². The normalized spacial score (nSPS) is 14.6. The van der Waals surface area contributed by atoms with E-state index in [-0.39, 0.29) is 0 Å². The Kier molecular flexibility index (Phi) is 7.62. The van der Waals surface area contributed by atoms with Crippen molar-refractivity contribution in [1.29, 1.82) is 0 Å². The first kappa shape index (κ1) is 21.6. The number of rotatable bonds is 9. The Labute approximate surface area is 181 Å². The summed E-state index contributed by atoms with van der Waals surface area (Å²) in [6, 6.07) is 13.7. The van der Waals surface area contributed by atoms with Gasteiger partial charge in [-0.3, -0.25) is 0 Å². The average Bonchev–Trinajstić information content (AvgIpc) is 2.75. The SMILES string of the molecule is COc1ccc(NC2=NC(=NC=C(C)NCCc3ccc(OC)c(OC)c3)S2)cc1. The van der Waals surface area contributed by atoms with Crippen molar-refractivity contribution in [2.24, 2.45) is 9.98 Å². The summed E-state index contributed by atoms with van der Waals surface area (Å²) in [5.41, 5.74) is 3.12. The number of allylic oxidation sites excluding steroid dienone is 1. The molecule has 1 heterocycles. The maximum Gasteiger partial charge on any atom is 0.197 e. The summed E-state index contributed by atoms with van der Waals surface area (Å²) in [7, 11) is 4.93. The van der Waals surface area contributed by atoms with Gasteiger partial charge in [-0.25, -0.2) is 4.99 Å². The van der Waals surface area contributed by atoms with Crippen molar-refractivity contribution in [2.45, 2.75) is 13.3 Å². The molecule has 0 atom stereocenters. The molecule has 0 amide bonds. The summed E-state index contributed by atoms with van der Waals surface area (Å²) in [5.74, 6) is 2.30. The van der Waals surface area contributed by atoms with E-state index in [0.717, 1.165) is 51.9 Å². The third-order valence-electron chi connectivity index (χ3n) is 4.36. The molecular weight excluding hydrogens is 400 g/mol. The van der Waals surface area contributed by atoms with Gasteiger partial charge in [0.15, 0.2) is 21.8 Å². The maximum atomic E-state index is 5.34. The van der Waals surface area contributed by atoms with E-state index in [1.54, 1.807) is 27.5 Å². The van der Waals surface area contributed by atoms with Crippen LogP contribution in [0.5, 0.6) is 17.2 Å². The molecule has 2 aromatic rings. The number of benzene rings is 2. The molecular formula is C22H26N4O3S. The highest BCUT2D eigenvalue weighted by atomic mass is 32.2. The third kappa shape index (κ3) is 5.93. The van der Waals surface area contributed by atoms with Crippen LogP contribution in [0.3, 0.4) is 0 Å². The zero-order chi connectivity index (χ0) is 21.3. The van der Waals surface area contributed by atoms with Gasteiger partial charge in [0.1, 0.15) is 5.75 Å². The molecule has 0 saturated heterocycles. The van der Waals surface area contributed by atoms with E-state index < -0.39 is 0 Å². The second-order valence-corrected chi connectivity index (χ2v) is 7.42. The van der Waals surface area contributed by atoms with Gasteiger partial charge in [0.2, 0.25) is 0 Å². The Morgan fingerprint density at radius 1 is 1.03 bits per heavy atom. The summed E-state index contributed by atoms with van der Waals surface area (Å²) in [4.78, 5) is 8.78. The number of hydrogen-bond donors (Lipinski definition) is 2. The molecule has 7 nitrogen and oxygen atoms in total. The highest BCUT2D eigenvalue weighted by molar-refractivity contribution is 8.29. The van der Waals surface area contributed by atoms with E-state index in [1.807, 2.05) is 49.4 Å². The largest absolute Gasteiger partial charge is 0.497 e. The van der Waals surface area contributed by atoms with Crippen LogP contribution in [-0.2, 0) is 6.42 Å². The molecule has 1 aliphatic heterocycles. The number of nitrogens with zero attached hydrogens (tertiary/aromatic N) is 2. The van der Waals surface area contributed by atoms with Crippen LogP contribution in [0.1, 0.15) is 12.5 Å². The highest BCUT2D eigenvalue weighted by Crippen LogP contribution is 2.27. The summed E-state index contributed by atoms with van der Waals surface area (Å²) < 4.78 is 15.8. The Hall–Kier alpha value is -3.13. The highest BCUT2D eigenvalue weighted by Gasteiger charge is 2.16. The lowest BCUT2D eigenvalue weighted by atomic mass is 10.1. The van der Waals surface area contributed by atoms with E-state index in [2.05, 4.69) is 20.6 Å². The van der Waals surface area contributed by atoms with Crippen molar-refractivity contribution in [1.82, 2.24) is 5.32 Å². The van der Waals surface area contributed by atoms with Crippen molar-refractivity contribution in [2.75, 3.05) is 33.2 Å². The van der Waals surface area contributed by atoms with Crippen LogP contribution in [0.15, 0.2) is 64.3 Å². The molecule has 30 heavy (non-hydrogen) atoms. The number of aliphatic imine (C=N–C) groups is 2. The molecule has 0 radical (unpaired) electrons. The first-order chi connectivity index (χ1) is 14.6. The van der Waals surface area contributed by atoms with E-state index in [4.69, 9.17) is 14.2 Å². The summed E-state index contributed by atoms with van der Waals surface area (Å²) in [5, 5.41) is 8.15. The minimum Gasteiger partial charge on any atom is -0.497 e. The van der Waals surface area contributed by atoms with Crippen LogP contribution < -0.4 is 24.8 Å². The fraction of sp³-hybridized carbons (Fsp3) is 0.273. The molecule has 3 rings (SSSR count). The van der Waals surface area contributed by atoms with E-state index in [9.17, 15) is 0 Å². The van der Waals surface area contributed by atoms with Gasteiger partial charge in [0, 0.05) is 24.1 Å². The van der Waals surface area contributed by atoms with Crippen LogP contribution in [0.2, 0.25) is 0 Å². The van der Waals surface area contributed by atoms with Crippen LogP contribution in [0, 0.1) is 0 Å². The molecule has 0 fully saturated rings. The number of methoxy groups -OCH3 is 3. The summed E-state index contributed by atoms with van der Waals surface area (Å²) in [6.45, 7) is 2.78. The fourth-order valence-electron chi connectivity index (χ4n) is 2.72. The molecule has 158 valence electrons. The molecule has 0 aliphatic carbocycles. The molecule has 2 N–H and O–H groups in total. The van der Waals surface area contributed by atoms with Crippen LogP contribution >= 0.6 is 11.8 Å². The number of nitrogens with one attached hydrogen (secondary N) is 2. The number of thioether (sulfide) groups is 1. The Morgan fingerprint density at radius 3 is 2.43 bits per heavy atom. The lowest BCUT2D eigenvalue weighted by Gasteiger charge is -2.16. The molecule has 0 aromatic heterocycles. The number of ether oxygens (including phenoxy) is 3. The summed E-state index contributed by atoms with van der Waals surface area (Å²) >= 11 is 1.51. The first-order valence-electron chi connectivity index (χ1n) is 9.48. The molecule has 0 saturated carbocycles. The minimum atomic E-state index is 0.729. The van der Waals surface area contributed by atoms with Gasteiger partial charge >= 0.3 is 0 Å². The second-order valence-electron chi connectivity index (χ2n) is 6.46. The summed E-state index contributed by atoms with van der Waals surface area (Å²) in [6.07, 6.45) is 2.66. The zero-order valence-electron chi connectivity index (χ0n) is 17.6. The predicted octanol–water partition coefficient (Wildman–Crippen LogP) is 4.28. The fourth-order valence-corrected chi connectivity index (χ4v) is 3.31. The first-order valence-corrected chi connectivity index (χ1v) is 10.3. The van der Waals surface area contributed by atoms with E-state index in [0.29, 0.717) is 0 Å². The van der Waals surface area contributed by atoms with Gasteiger partial charge in [0.05, 0.1) is 21.3 Å². The molecule has 0 unspecified atom stereocenters. The predicted molar refractivity (Wildman–Crippen MR) is 124 cm³/mol. The maximum absolute atomic E-state index is 5.34. The minimum absolute atomic E-state index is 0.729. The Morgan fingerprint density at radius 2 is 1.77 bits per heavy atom. The molecule has 8 heteroatoms. The number of hydrogen-bond acceptors (Lipinski definition) is 7. The topological polar surface area (TPSA) is 76.5 Å². The van der Waals surface area contributed by atoms with Gasteiger partial charge in [-0.15, -0.1) is 0 Å². The molecule has 0 bridgehead atoms. The lowest BCUT2D eigenvalue weighted by molar-refractivity contribution is 0.354. The smallest absolute Gasteiger partial charge is 0.197 e. The Balaban J connectivity index is 1.44. The van der Waals surface area contributed by atoms with Crippen molar-refractivity contribution < 1.29 is 14.2 Å². The van der Waals surface area contributed by atoms with Crippen LogP contribution in [0.25, 0.3) is 0 Å². The zero-order valence-corrected chi connectivity index (χ0v) is 18.4. The molecule has 2 aromatic carbocycles. The molecule has 1 aliphatic rings. The third-order valence-corrected chi connectivity index (χ3v) is 5.13. The second kappa shape index (κ2) is 10.6. The molecule has 0 spiro atoms. The van der Waals surface area contributed by atoms with Gasteiger partial charge in [-0.05, 0) is 67.1 Å². The van der Waals surface area contributed by atoms with Gasteiger partial charge in [-0.1, -0.05) is 6.07 Å². The van der Waals surface area contributed by atoms with Crippen molar-refractivity contribution in [3.63, 3.8) is 0 Å². The quantitative estimate of drug-likeness (QED) is 0.623.